The van der Waals surface area contributed by atoms with Crippen molar-refractivity contribution in [1.82, 2.24) is 0 Å². The molecule has 16 heavy (non-hydrogen) atoms. The molecule has 0 fully saturated rings. The Morgan fingerprint density at radius 2 is 2.31 bits per heavy atom. The van der Waals surface area contributed by atoms with Crippen molar-refractivity contribution >= 4 is 27.6 Å². The minimum Gasteiger partial charge on any atom is -0.480 e. The number of ether oxygens (including phenoxy) is 1. The van der Waals surface area contributed by atoms with Gasteiger partial charge in [0.05, 0.1) is 6.61 Å². The van der Waals surface area contributed by atoms with Crippen molar-refractivity contribution in [2.24, 2.45) is 0 Å². The van der Waals surface area contributed by atoms with Gasteiger partial charge in [0.25, 0.3) is 0 Å². The van der Waals surface area contributed by atoms with Gasteiger partial charge in [-0.3, -0.25) is 0 Å². The summed E-state index contributed by atoms with van der Waals surface area (Å²) in [4.78, 5) is 10.9. The summed E-state index contributed by atoms with van der Waals surface area (Å²) in [6.07, 6.45) is 0. The van der Waals surface area contributed by atoms with Crippen molar-refractivity contribution in [3.63, 3.8) is 0 Å². The van der Waals surface area contributed by atoms with E-state index in [1.165, 1.54) is 7.11 Å². The van der Waals surface area contributed by atoms with E-state index in [9.17, 15) is 4.79 Å². The van der Waals surface area contributed by atoms with Crippen LogP contribution in [-0.4, -0.2) is 30.8 Å². The van der Waals surface area contributed by atoms with Crippen LogP contribution in [-0.2, 0) is 9.53 Å². The molecule has 0 saturated carbocycles. The summed E-state index contributed by atoms with van der Waals surface area (Å²) in [5.74, 6) is -0.935. The minimum absolute atomic E-state index is 0.121. The number of benzene rings is 1. The summed E-state index contributed by atoms with van der Waals surface area (Å²) in [5, 5.41) is 11.9. The molecule has 0 spiro atoms. The summed E-state index contributed by atoms with van der Waals surface area (Å²) in [6.45, 7) is 2.07. The predicted molar refractivity (Wildman–Crippen MR) is 65.8 cm³/mol. The Morgan fingerprint density at radius 3 is 2.88 bits per heavy atom. The van der Waals surface area contributed by atoms with E-state index in [0.717, 1.165) is 15.7 Å². The molecule has 0 radical (unpaired) electrons. The number of carboxylic acid groups (broad SMARTS) is 1. The van der Waals surface area contributed by atoms with Gasteiger partial charge in [-0.1, -0.05) is 12.1 Å². The number of aliphatic carboxylic acids is 1. The summed E-state index contributed by atoms with van der Waals surface area (Å²) < 4.78 is 5.72. The van der Waals surface area contributed by atoms with Crippen LogP contribution in [0.5, 0.6) is 0 Å². The predicted octanol–water partition coefficient (Wildman–Crippen LogP) is 2.27. The number of halogens is 1. The van der Waals surface area contributed by atoms with E-state index < -0.39 is 12.0 Å². The van der Waals surface area contributed by atoms with Gasteiger partial charge in [-0.15, -0.1) is 0 Å². The van der Waals surface area contributed by atoms with E-state index in [2.05, 4.69) is 21.2 Å². The van der Waals surface area contributed by atoms with Crippen molar-refractivity contribution < 1.29 is 14.6 Å². The van der Waals surface area contributed by atoms with Gasteiger partial charge in [-0.25, -0.2) is 4.79 Å². The molecular weight excluding hydrogens is 274 g/mol. The molecule has 0 aliphatic rings. The fourth-order valence-electron chi connectivity index (χ4n) is 1.29. The molecule has 0 bridgehead atoms. The lowest BCUT2D eigenvalue weighted by atomic mass is 10.2. The molecule has 1 aromatic rings. The molecule has 0 heterocycles. The van der Waals surface area contributed by atoms with Crippen molar-refractivity contribution in [2.75, 3.05) is 19.0 Å². The lowest BCUT2D eigenvalue weighted by Crippen LogP contribution is -2.33. The quantitative estimate of drug-likeness (QED) is 0.872. The second-order valence-electron chi connectivity index (χ2n) is 3.43. The SMILES string of the molecule is COCC(Nc1cccc(C)c1Br)C(=O)O. The maximum absolute atomic E-state index is 10.9. The number of hydrogen-bond acceptors (Lipinski definition) is 3. The second kappa shape index (κ2) is 5.86. The number of rotatable bonds is 5. The Hall–Kier alpha value is -1.07. The van der Waals surface area contributed by atoms with Crippen molar-refractivity contribution in [2.45, 2.75) is 13.0 Å². The third kappa shape index (κ3) is 3.21. The molecule has 1 aromatic carbocycles. The molecule has 88 valence electrons. The van der Waals surface area contributed by atoms with Gasteiger partial charge in [0, 0.05) is 17.3 Å². The molecule has 1 unspecified atom stereocenters. The molecule has 0 aliphatic heterocycles. The first-order chi connectivity index (χ1) is 7.56. The van der Waals surface area contributed by atoms with Gasteiger partial charge in [0.2, 0.25) is 0 Å². The van der Waals surface area contributed by atoms with Crippen molar-refractivity contribution in [3.05, 3.63) is 28.2 Å². The highest BCUT2D eigenvalue weighted by Crippen LogP contribution is 2.26. The molecule has 2 N–H and O–H groups in total. The Balaban J connectivity index is 2.85. The number of hydrogen-bond donors (Lipinski definition) is 2. The second-order valence-corrected chi connectivity index (χ2v) is 4.22. The van der Waals surface area contributed by atoms with E-state index in [4.69, 9.17) is 9.84 Å². The molecule has 0 amide bonds. The van der Waals surface area contributed by atoms with Crippen molar-refractivity contribution in [1.29, 1.82) is 0 Å². The number of carboxylic acids is 1. The number of carbonyl (C=O) groups is 1. The average molecular weight is 288 g/mol. The Bertz CT molecular complexity index is 381. The van der Waals surface area contributed by atoms with Crippen LogP contribution >= 0.6 is 15.9 Å². The van der Waals surface area contributed by atoms with Crippen molar-refractivity contribution in [3.8, 4) is 0 Å². The van der Waals surface area contributed by atoms with E-state index in [1.807, 2.05) is 25.1 Å². The Labute approximate surface area is 103 Å². The van der Waals surface area contributed by atoms with E-state index in [-0.39, 0.29) is 6.61 Å². The first-order valence-electron chi connectivity index (χ1n) is 4.79. The van der Waals surface area contributed by atoms with Crippen LogP contribution in [0, 0.1) is 6.92 Å². The summed E-state index contributed by atoms with van der Waals surface area (Å²) in [6, 6.07) is 4.89. The molecular formula is C11H14BrNO3. The number of aryl methyl sites for hydroxylation is 1. The maximum atomic E-state index is 10.9. The monoisotopic (exact) mass is 287 g/mol. The first kappa shape index (κ1) is 13.0. The van der Waals surface area contributed by atoms with E-state index in [0.29, 0.717) is 0 Å². The molecule has 1 atom stereocenters. The smallest absolute Gasteiger partial charge is 0.328 e. The summed E-state index contributed by atoms with van der Waals surface area (Å²) in [5.41, 5.74) is 1.80. The van der Waals surface area contributed by atoms with Gasteiger partial charge in [-0.05, 0) is 34.5 Å². The topological polar surface area (TPSA) is 58.6 Å². The highest BCUT2D eigenvalue weighted by atomic mass is 79.9. The van der Waals surface area contributed by atoms with Gasteiger partial charge in [0.15, 0.2) is 0 Å². The normalized spacial score (nSPS) is 12.2. The van der Waals surface area contributed by atoms with E-state index >= 15 is 0 Å². The van der Waals surface area contributed by atoms with Crippen LogP contribution < -0.4 is 5.32 Å². The third-order valence-electron chi connectivity index (χ3n) is 2.15. The van der Waals surface area contributed by atoms with Gasteiger partial charge >= 0.3 is 5.97 Å². The zero-order valence-corrected chi connectivity index (χ0v) is 10.7. The highest BCUT2D eigenvalue weighted by Gasteiger charge is 2.17. The van der Waals surface area contributed by atoms with Gasteiger partial charge in [0.1, 0.15) is 6.04 Å². The fraction of sp³-hybridized carbons (Fsp3) is 0.364. The van der Waals surface area contributed by atoms with Crippen LogP contribution in [0.4, 0.5) is 5.69 Å². The molecule has 0 saturated heterocycles. The summed E-state index contributed by atoms with van der Waals surface area (Å²) in [7, 11) is 1.48. The van der Waals surface area contributed by atoms with Crippen LogP contribution in [0.3, 0.4) is 0 Å². The zero-order valence-electron chi connectivity index (χ0n) is 9.16. The molecule has 0 aromatic heterocycles. The molecule has 1 rings (SSSR count). The Kier molecular flexibility index (Phi) is 4.76. The lowest BCUT2D eigenvalue weighted by Gasteiger charge is -2.16. The zero-order chi connectivity index (χ0) is 12.1. The molecule has 4 nitrogen and oxygen atoms in total. The third-order valence-corrected chi connectivity index (χ3v) is 3.21. The van der Waals surface area contributed by atoms with Crippen LogP contribution in [0.1, 0.15) is 5.56 Å². The molecule has 5 heteroatoms. The maximum Gasteiger partial charge on any atom is 0.328 e. The standard InChI is InChI=1S/C11H14BrNO3/c1-7-4-3-5-8(10(7)12)13-9(6-16-2)11(14)15/h3-5,9,13H,6H2,1-2H3,(H,14,15). The average Bonchev–Trinajstić information content (AvgIpc) is 2.23. The molecule has 0 aliphatic carbocycles. The number of methoxy groups -OCH3 is 1. The first-order valence-corrected chi connectivity index (χ1v) is 5.59. The van der Waals surface area contributed by atoms with Crippen LogP contribution in [0.15, 0.2) is 22.7 Å². The number of anilines is 1. The minimum atomic E-state index is -0.935. The summed E-state index contributed by atoms with van der Waals surface area (Å²) >= 11 is 3.41. The lowest BCUT2D eigenvalue weighted by molar-refractivity contribution is -0.139. The van der Waals surface area contributed by atoms with E-state index in [1.54, 1.807) is 0 Å². The highest BCUT2D eigenvalue weighted by molar-refractivity contribution is 9.10. The van der Waals surface area contributed by atoms with Gasteiger partial charge in [-0.2, -0.15) is 0 Å². The van der Waals surface area contributed by atoms with Crippen LogP contribution in [0.2, 0.25) is 0 Å². The van der Waals surface area contributed by atoms with Crippen LogP contribution in [0.25, 0.3) is 0 Å². The van der Waals surface area contributed by atoms with Gasteiger partial charge < -0.3 is 15.2 Å². The fourth-order valence-corrected chi connectivity index (χ4v) is 1.67. The number of nitrogens with one attached hydrogen (secondary N) is 1. The Morgan fingerprint density at radius 1 is 1.62 bits per heavy atom. The largest absolute Gasteiger partial charge is 0.480 e.